The predicted molar refractivity (Wildman–Crippen MR) is 399 cm³/mol. The number of hydrogen-bond acceptors (Lipinski definition) is 0. The van der Waals surface area contributed by atoms with Crippen LogP contribution in [0.25, 0.3) is 159 Å². The smallest absolute Gasteiger partial charge is 0.0788 e. The standard InChI is InChI=1S/C44H28N2.C24H15Br.C21H15N/c1-2-12-32(13-3-1)45-26-25-29-21-24-40-39-19-8-9-20-42(39)46(44(40)43(29)45)33-14-10-11-30(27-33)31-22-23-38-36-17-5-4-15-34(36)35-16-6-7-18-37(35)41(38)28-31;25-18-7-5-6-16(14-18)17-12-13-23-21-10-2-1-8-19(21)20-9-3-4-11-22(20)24(23)15-17;1-2-7-17(8-3-1)22-13-12-15-10-11-19-18-9-5-4-6-16(18)14-20(19)21(15)22/h1-28H;1-15H;1-13H,14H2. The van der Waals surface area contributed by atoms with Crippen molar-refractivity contribution >= 4 is 124 Å². The van der Waals surface area contributed by atoms with E-state index in [1.165, 1.54) is 158 Å². The summed E-state index contributed by atoms with van der Waals surface area (Å²) in [5, 5.41) is 20.7. The van der Waals surface area contributed by atoms with E-state index in [-0.39, 0.29) is 0 Å². The maximum atomic E-state index is 3.58. The lowest BCUT2D eigenvalue weighted by Gasteiger charge is -2.14. The Morgan fingerprint density at radius 2 is 0.667 bits per heavy atom. The van der Waals surface area contributed by atoms with Gasteiger partial charge in [0.25, 0.3) is 0 Å². The quantitative estimate of drug-likeness (QED) is 0.153. The Labute approximate surface area is 546 Å². The summed E-state index contributed by atoms with van der Waals surface area (Å²) in [5.74, 6) is 0. The molecule has 3 heterocycles. The van der Waals surface area contributed by atoms with E-state index in [0.29, 0.717) is 0 Å². The number of fused-ring (bicyclic) bond motifs is 22. The van der Waals surface area contributed by atoms with Crippen LogP contribution in [0.2, 0.25) is 0 Å². The number of para-hydroxylation sites is 3. The van der Waals surface area contributed by atoms with Crippen molar-refractivity contribution in [2.75, 3.05) is 0 Å². The SMILES string of the molecule is Brc1cccc(-c2ccc3c4ccccc4c4ccccc4c3c2)c1.c1ccc(-n2ccc3ccc4c(c32)Cc2ccccc2-4)cc1.c1ccc(-n2ccc3ccc4c5ccccc5n(-c5cccc(-c6ccc7c8ccccc8c8ccccc8c7c6)c5)c4c32)cc1. The maximum absolute atomic E-state index is 3.58. The number of halogens is 1. The van der Waals surface area contributed by atoms with Gasteiger partial charge in [-0.3, -0.25) is 0 Å². The first-order valence-electron chi connectivity index (χ1n) is 31.9. The molecule has 0 amide bonds. The summed E-state index contributed by atoms with van der Waals surface area (Å²) in [5.41, 5.74) is 19.1. The van der Waals surface area contributed by atoms with Crippen LogP contribution in [0.5, 0.6) is 0 Å². The van der Waals surface area contributed by atoms with Gasteiger partial charge in [-0.2, -0.15) is 0 Å². The van der Waals surface area contributed by atoms with Crippen molar-refractivity contribution in [1.82, 2.24) is 13.7 Å². The molecule has 3 aromatic heterocycles. The van der Waals surface area contributed by atoms with Crippen molar-refractivity contribution < 1.29 is 0 Å². The molecule has 3 nitrogen and oxygen atoms in total. The largest absolute Gasteiger partial charge is 0.316 e. The van der Waals surface area contributed by atoms with Crippen LogP contribution in [-0.4, -0.2) is 13.7 Å². The lowest BCUT2D eigenvalue weighted by Crippen LogP contribution is -1.98. The topological polar surface area (TPSA) is 14.8 Å². The van der Waals surface area contributed by atoms with Crippen molar-refractivity contribution in [2.45, 2.75) is 6.42 Å². The molecule has 436 valence electrons. The Kier molecular flexibility index (Phi) is 13.1. The van der Waals surface area contributed by atoms with Gasteiger partial charge >= 0.3 is 0 Å². The van der Waals surface area contributed by atoms with Crippen LogP contribution >= 0.6 is 15.9 Å². The third-order valence-corrected chi connectivity index (χ3v) is 19.8. The lowest BCUT2D eigenvalue weighted by atomic mass is 9.92. The fourth-order valence-electron chi connectivity index (χ4n) is 15.1. The molecule has 0 unspecified atom stereocenters. The average molecular weight is 1250 g/mol. The first kappa shape index (κ1) is 54.4. The summed E-state index contributed by atoms with van der Waals surface area (Å²) in [4.78, 5) is 0. The predicted octanol–water partition coefficient (Wildman–Crippen LogP) is 24.6. The number of nitrogens with zero attached hydrogens (tertiary/aromatic N) is 3. The minimum absolute atomic E-state index is 1.03. The monoisotopic (exact) mass is 1250 g/mol. The van der Waals surface area contributed by atoms with Crippen LogP contribution in [-0.2, 0) is 6.42 Å². The lowest BCUT2D eigenvalue weighted by molar-refractivity contribution is 1.11. The number of rotatable bonds is 5. The second kappa shape index (κ2) is 22.4. The Balaban J connectivity index is 0.000000114. The summed E-state index contributed by atoms with van der Waals surface area (Å²) >= 11 is 3.58. The molecule has 1 aliphatic rings. The van der Waals surface area contributed by atoms with Gasteiger partial charge in [0.2, 0.25) is 0 Å². The van der Waals surface area contributed by atoms with E-state index >= 15 is 0 Å². The van der Waals surface area contributed by atoms with Crippen LogP contribution in [0, 0.1) is 0 Å². The second-order valence-corrected chi connectivity index (χ2v) is 25.3. The van der Waals surface area contributed by atoms with Gasteiger partial charge in [0.15, 0.2) is 0 Å². The second-order valence-electron chi connectivity index (χ2n) is 24.4. The van der Waals surface area contributed by atoms with E-state index < -0.39 is 0 Å². The average Bonchev–Trinajstić information content (AvgIpc) is 1.73. The third-order valence-electron chi connectivity index (χ3n) is 19.3. The van der Waals surface area contributed by atoms with Gasteiger partial charge in [-0.05, 0) is 188 Å². The molecule has 0 radical (unpaired) electrons. The summed E-state index contributed by atoms with van der Waals surface area (Å²) < 4.78 is 8.21. The molecule has 0 fully saturated rings. The van der Waals surface area contributed by atoms with Crippen LogP contribution in [0.1, 0.15) is 11.1 Å². The van der Waals surface area contributed by atoms with Crippen LogP contribution in [0.15, 0.2) is 344 Å². The molecule has 0 aliphatic heterocycles. The zero-order chi connectivity index (χ0) is 61.5. The fraction of sp³-hybridized carbons (Fsp3) is 0.0112. The van der Waals surface area contributed by atoms with Gasteiger partial charge in [-0.25, -0.2) is 0 Å². The van der Waals surface area contributed by atoms with E-state index in [0.717, 1.165) is 22.3 Å². The molecule has 93 heavy (non-hydrogen) atoms. The highest BCUT2D eigenvalue weighted by Gasteiger charge is 2.23. The van der Waals surface area contributed by atoms with Crippen molar-refractivity contribution in [3.8, 4) is 50.4 Å². The maximum Gasteiger partial charge on any atom is 0.0788 e. The Morgan fingerprint density at radius 1 is 0.247 bits per heavy atom. The normalized spacial score (nSPS) is 11.9. The molecular formula is C89H58BrN3. The van der Waals surface area contributed by atoms with E-state index in [9.17, 15) is 0 Å². The number of hydrogen-bond donors (Lipinski definition) is 0. The van der Waals surface area contributed by atoms with Crippen molar-refractivity contribution in [3.63, 3.8) is 0 Å². The molecule has 4 heteroatoms. The Bertz CT molecular complexity index is 6100. The van der Waals surface area contributed by atoms with Gasteiger partial charge in [0.05, 0.1) is 22.1 Å². The molecule has 16 aromatic carbocycles. The Morgan fingerprint density at radius 3 is 1.24 bits per heavy atom. The van der Waals surface area contributed by atoms with E-state index in [4.69, 9.17) is 0 Å². The zero-order valence-electron chi connectivity index (χ0n) is 50.8. The molecule has 0 saturated heterocycles. The molecule has 0 atom stereocenters. The minimum Gasteiger partial charge on any atom is -0.316 e. The molecule has 20 rings (SSSR count). The molecule has 19 aromatic rings. The summed E-state index contributed by atoms with van der Waals surface area (Å²) in [6, 6.07) is 119. The van der Waals surface area contributed by atoms with Gasteiger partial charge in [-0.1, -0.05) is 265 Å². The van der Waals surface area contributed by atoms with E-state index in [1.54, 1.807) is 0 Å². The van der Waals surface area contributed by atoms with Crippen molar-refractivity contribution in [3.05, 3.63) is 356 Å². The number of aromatic nitrogens is 3. The van der Waals surface area contributed by atoms with Crippen molar-refractivity contribution in [1.29, 1.82) is 0 Å². The molecule has 0 spiro atoms. The zero-order valence-corrected chi connectivity index (χ0v) is 52.3. The van der Waals surface area contributed by atoms with E-state index in [1.807, 2.05) is 0 Å². The highest BCUT2D eigenvalue weighted by molar-refractivity contribution is 9.10. The van der Waals surface area contributed by atoms with Gasteiger partial charge < -0.3 is 13.7 Å². The summed E-state index contributed by atoms with van der Waals surface area (Å²) in [7, 11) is 0. The molecule has 1 aliphatic carbocycles. The molecule has 0 N–H and O–H groups in total. The third kappa shape index (κ3) is 9.16. The Hall–Kier alpha value is -11.6. The molecular weight excluding hydrogens is 1190 g/mol. The number of benzene rings is 16. The highest BCUT2D eigenvalue weighted by Crippen LogP contribution is 2.44. The van der Waals surface area contributed by atoms with Gasteiger partial charge in [0.1, 0.15) is 0 Å². The van der Waals surface area contributed by atoms with Crippen LogP contribution in [0.3, 0.4) is 0 Å². The fourth-order valence-corrected chi connectivity index (χ4v) is 15.5. The van der Waals surface area contributed by atoms with Gasteiger partial charge in [-0.15, -0.1) is 0 Å². The van der Waals surface area contributed by atoms with Crippen molar-refractivity contribution in [2.24, 2.45) is 0 Å². The first-order chi connectivity index (χ1) is 46.1. The van der Waals surface area contributed by atoms with E-state index in [2.05, 4.69) is 370 Å². The summed E-state index contributed by atoms with van der Waals surface area (Å²) in [6.07, 6.45) is 5.41. The minimum atomic E-state index is 1.03. The summed E-state index contributed by atoms with van der Waals surface area (Å²) in [6.45, 7) is 0. The first-order valence-corrected chi connectivity index (χ1v) is 32.7. The highest BCUT2D eigenvalue weighted by atomic mass is 79.9. The van der Waals surface area contributed by atoms with Gasteiger partial charge in [0, 0.05) is 61.9 Å². The molecule has 0 bridgehead atoms. The van der Waals surface area contributed by atoms with Crippen LogP contribution < -0.4 is 0 Å². The molecule has 0 saturated carbocycles. The van der Waals surface area contributed by atoms with Crippen LogP contribution in [0.4, 0.5) is 0 Å².